The van der Waals surface area contributed by atoms with E-state index in [2.05, 4.69) is 4.98 Å². The van der Waals surface area contributed by atoms with Gasteiger partial charge in [-0.05, 0) is 31.9 Å². The average molecular weight is 224 g/mol. The molecule has 4 heteroatoms. The van der Waals surface area contributed by atoms with E-state index in [0.717, 1.165) is 17.7 Å². The van der Waals surface area contributed by atoms with Crippen molar-refractivity contribution in [3.8, 4) is 0 Å². The predicted octanol–water partition coefficient (Wildman–Crippen LogP) is 1.48. The summed E-state index contributed by atoms with van der Waals surface area (Å²) < 4.78 is 0. The van der Waals surface area contributed by atoms with Gasteiger partial charge in [-0.1, -0.05) is 6.92 Å². The first-order chi connectivity index (χ1) is 7.60. The van der Waals surface area contributed by atoms with Crippen LogP contribution in [0.15, 0.2) is 6.07 Å². The number of aryl methyl sites for hydroxylation is 2. The Labute approximate surface area is 96.3 Å². The van der Waals surface area contributed by atoms with Crippen molar-refractivity contribution in [2.24, 2.45) is 0 Å². The van der Waals surface area contributed by atoms with Gasteiger partial charge in [-0.25, -0.2) is 0 Å². The van der Waals surface area contributed by atoms with Crippen LogP contribution >= 0.6 is 0 Å². The molecule has 1 heterocycles. The lowest BCUT2D eigenvalue weighted by Crippen LogP contribution is -2.34. The lowest BCUT2D eigenvalue weighted by molar-refractivity contribution is 0.0716. The monoisotopic (exact) mass is 224 g/mol. The molecular weight excluding hydrogens is 204 g/mol. The van der Waals surface area contributed by atoms with Gasteiger partial charge < -0.3 is 15.0 Å². The lowest BCUT2D eigenvalue weighted by Gasteiger charge is -2.20. The zero-order chi connectivity index (χ0) is 12.1. The number of aliphatic hydroxyl groups is 1. The second kappa shape index (κ2) is 5.70. The van der Waals surface area contributed by atoms with Crippen molar-refractivity contribution >= 4 is 5.91 Å². The minimum absolute atomic E-state index is 0.00444. The second-order valence-electron chi connectivity index (χ2n) is 4.03. The lowest BCUT2D eigenvalue weighted by atomic mass is 10.2. The molecule has 0 aliphatic rings. The summed E-state index contributed by atoms with van der Waals surface area (Å²) in [6.45, 7) is 6.94. The van der Waals surface area contributed by atoms with E-state index in [9.17, 15) is 4.79 Å². The number of carbonyl (C=O) groups is 1. The fourth-order valence-electron chi connectivity index (χ4n) is 1.81. The van der Waals surface area contributed by atoms with Crippen molar-refractivity contribution in [2.75, 3.05) is 19.7 Å². The van der Waals surface area contributed by atoms with E-state index >= 15 is 0 Å². The van der Waals surface area contributed by atoms with Crippen LogP contribution in [-0.4, -0.2) is 40.6 Å². The van der Waals surface area contributed by atoms with Crippen LogP contribution < -0.4 is 0 Å². The molecule has 0 unspecified atom stereocenters. The number of aromatic nitrogens is 1. The number of H-pyrrole nitrogens is 1. The molecule has 0 saturated carbocycles. The number of carbonyl (C=O) groups excluding carboxylic acids is 1. The van der Waals surface area contributed by atoms with Gasteiger partial charge in [0, 0.05) is 18.8 Å². The molecule has 0 atom stereocenters. The van der Waals surface area contributed by atoms with Gasteiger partial charge in [0.15, 0.2) is 0 Å². The van der Waals surface area contributed by atoms with Crippen molar-refractivity contribution in [1.82, 2.24) is 9.88 Å². The summed E-state index contributed by atoms with van der Waals surface area (Å²) in [5, 5.41) is 8.93. The Kier molecular flexibility index (Phi) is 4.55. The maximum Gasteiger partial charge on any atom is 0.270 e. The number of nitrogens with one attached hydrogen (secondary N) is 1. The summed E-state index contributed by atoms with van der Waals surface area (Å²) in [7, 11) is 0. The standard InChI is InChI=1S/C12H20N2O2/c1-4-5-14(6-7-15)12(16)11-9(2)8-10(3)13-11/h8,13,15H,4-7H2,1-3H3. The summed E-state index contributed by atoms with van der Waals surface area (Å²) in [4.78, 5) is 16.9. The summed E-state index contributed by atoms with van der Waals surface area (Å²) in [5.41, 5.74) is 2.59. The Morgan fingerprint density at radius 3 is 2.56 bits per heavy atom. The smallest absolute Gasteiger partial charge is 0.270 e. The third-order valence-corrected chi connectivity index (χ3v) is 2.51. The van der Waals surface area contributed by atoms with Crippen molar-refractivity contribution in [3.05, 3.63) is 23.0 Å². The Morgan fingerprint density at radius 2 is 2.12 bits per heavy atom. The normalized spacial score (nSPS) is 10.5. The zero-order valence-electron chi connectivity index (χ0n) is 10.2. The molecule has 0 bridgehead atoms. The number of amides is 1. The molecule has 1 aromatic rings. The van der Waals surface area contributed by atoms with Gasteiger partial charge in [-0.3, -0.25) is 4.79 Å². The molecule has 1 aromatic heterocycles. The van der Waals surface area contributed by atoms with E-state index in [1.54, 1.807) is 4.90 Å². The van der Waals surface area contributed by atoms with Crippen LogP contribution in [0.1, 0.15) is 35.1 Å². The maximum atomic E-state index is 12.1. The van der Waals surface area contributed by atoms with Gasteiger partial charge in [0.05, 0.1) is 6.61 Å². The summed E-state index contributed by atoms with van der Waals surface area (Å²) in [6, 6.07) is 1.95. The number of aromatic amines is 1. The molecule has 0 spiro atoms. The number of nitrogens with zero attached hydrogens (tertiary/aromatic N) is 1. The Bertz CT molecular complexity index is 352. The Morgan fingerprint density at radius 1 is 1.44 bits per heavy atom. The van der Waals surface area contributed by atoms with Gasteiger partial charge >= 0.3 is 0 Å². The van der Waals surface area contributed by atoms with Crippen molar-refractivity contribution in [1.29, 1.82) is 0 Å². The summed E-state index contributed by atoms with van der Waals surface area (Å²) >= 11 is 0. The van der Waals surface area contributed by atoms with Gasteiger partial charge in [0.25, 0.3) is 5.91 Å². The molecule has 1 rings (SSSR count). The molecule has 4 nitrogen and oxygen atoms in total. The molecule has 0 aliphatic heterocycles. The summed E-state index contributed by atoms with van der Waals surface area (Å²) in [5.74, 6) is -0.0264. The van der Waals surface area contributed by atoms with Gasteiger partial charge in [0.1, 0.15) is 5.69 Å². The quantitative estimate of drug-likeness (QED) is 0.796. The average Bonchev–Trinajstić information content (AvgIpc) is 2.56. The SMILES string of the molecule is CCCN(CCO)C(=O)c1[nH]c(C)cc1C. The second-order valence-corrected chi connectivity index (χ2v) is 4.03. The molecule has 2 N–H and O–H groups in total. The highest BCUT2D eigenvalue weighted by Gasteiger charge is 2.18. The van der Waals surface area contributed by atoms with E-state index in [1.165, 1.54) is 0 Å². The Balaban J connectivity index is 2.85. The largest absolute Gasteiger partial charge is 0.395 e. The van der Waals surface area contributed by atoms with E-state index in [0.29, 0.717) is 18.8 Å². The molecule has 0 fully saturated rings. The van der Waals surface area contributed by atoms with Crippen molar-refractivity contribution in [3.63, 3.8) is 0 Å². The third kappa shape index (κ3) is 2.85. The number of hydrogen-bond acceptors (Lipinski definition) is 2. The van der Waals surface area contributed by atoms with Crippen LogP contribution in [-0.2, 0) is 0 Å². The first-order valence-electron chi connectivity index (χ1n) is 5.66. The summed E-state index contributed by atoms with van der Waals surface area (Å²) in [6.07, 6.45) is 0.893. The van der Waals surface area contributed by atoms with Gasteiger partial charge in [-0.2, -0.15) is 0 Å². The van der Waals surface area contributed by atoms with Crippen LogP contribution in [0.5, 0.6) is 0 Å². The highest BCUT2D eigenvalue weighted by Crippen LogP contribution is 2.12. The van der Waals surface area contributed by atoms with Crippen LogP contribution in [0.3, 0.4) is 0 Å². The number of rotatable bonds is 5. The molecule has 0 aliphatic carbocycles. The predicted molar refractivity (Wildman–Crippen MR) is 63.5 cm³/mol. The first kappa shape index (κ1) is 12.8. The minimum Gasteiger partial charge on any atom is -0.395 e. The van der Waals surface area contributed by atoms with Crippen LogP contribution in [0, 0.1) is 13.8 Å². The van der Waals surface area contributed by atoms with Crippen molar-refractivity contribution < 1.29 is 9.90 Å². The number of aliphatic hydroxyl groups excluding tert-OH is 1. The van der Waals surface area contributed by atoms with E-state index in [4.69, 9.17) is 5.11 Å². The molecule has 90 valence electrons. The number of hydrogen-bond donors (Lipinski definition) is 2. The highest BCUT2D eigenvalue weighted by molar-refractivity contribution is 5.94. The van der Waals surface area contributed by atoms with E-state index in [1.807, 2.05) is 26.8 Å². The van der Waals surface area contributed by atoms with E-state index in [-0.39, 0.29) is 12.5 Å². The molecule has 0 radical (unpaired) electrons. The fourth-order valence-corrected chi connectivity index (χ4v) is 1.81. The van der Waals surface area contributed by atoms with E-state index < -0.39 is 0 Å². The zero-order valence-corrected chi connectivity index (χ0v) is 10.2. The van der Waals surface area contributed by atoms with Gasteiger partial charge in [0.2, 0.25) is 0 Å². The minimum atomic E-state index is -0.0264. The van der Waals surface area contributed by atoms with Crippen molar-refractivity contribution in [2.45, 2.75) is 27.2 Å². The van der Waals surface area contributed by atoms with Crippen LogP contribution in [0.25, 0.3) is 0 Å². The molecule has 1 amide bonds. The van der Waals surface area contributed by atoms with Crippen LogP contribution in [0.2, 0.25) is 0 Å². The Hall–Kier alpha value is -1.29. The molecular formula is C12H20N2O2. The van der Waals surface area contributed by atoms with Gasteiger partial charge in [-0.15, -0.1) is 0 Å². The third-order valence-electron chi connectivity index (χ3n) is 2.51. The maximum absolute atomic E-state index is 12.1. The topological polar surface area (TPSA) is 56.3 Å². The fraction of sp³-hybridized carbons (Fsp3) is 0.583. The molecule has 0 aromatic carbocycles. The highest BCUT2D eigenvalue weighted by atomic mass is 16.3. The molecule has 16 heavy (non-hydrogen) atoms. The molecule has 0 saturated heterocycles. The first-order valence-corrected chi connectivity index (χ1v) is 5.66. The van der Waals surface area contributed by atoms with Crippen LogP contribution in [0.4, 0.5) is 0 Å².